The molecular weight excluding hydrogens is 358 g/mol. The number of alkyl halides is 6. The molecule has 0 radical (unpaired) electrons. The molecule has 0 saturated carbocycles. The predicted octanol–water partition coefficient (Wildman–Crippen LogP) is 2.69. The minimum Gasteiger partial charge on any atom is -0.321 e. The molecular formula is C10H8F6N2O4S. The fraction of sp³-hybridized carbons (Fsp3) is 0.300. The van der Waals surface area contributed by atoms with Gasteiger partial charge in [0, 0.05) is 5.69 Å². The van der Waals surface area contributed by atoms with Gasteiger partial charge in [-0.3, -0.25) is 4.55 Å². The Morgan fingerprint density at radius 2 is 1.43 bits per heavy atom. The molecule has 2 amide bonds. The fourth-order valence-corrected chi connectivity index (χ4v) is 1.67. The van der Waals surface area contributed by atoms with Gasteiger partial charge in [-0.25, -0.2) is 4.79 Å². The molecule has 0 atom stereocenters. The molecule has 1 rings (SSSR count). The van der Waals surface area contributed by atoms with Gasteiger partial charge in [0.2, 0.25) is 0 Å². The van der Waals surface area contributed by atoms with E-state index in [-0.39, 0.29) is 18.2 Å². The number of nitrogens with one attached hydrogen (secondary N) is 2. The average molecular weight is 366 g/mol. The van der Waals surface area contributed by atoms with Gasteiger partial charge in [0.15, 0.2) is 0 Å². The van der Waals surface area contributed by atoms with Crippen LogP contribution in [0.25, 0.3) is 0 Å². The molecule has 0 unspecified atom stereocenters. The van der Waals surface area contributed by atoms with Crippen LogP contribution in [-0.4, -0.2) is 24.9 Å². The van der Waals surface area contributed by atoms with Gasteiger partial charge in [-0.15, -0.1) is 0 Å². The predicted molar refractivity (Wildman–Crippen MR) is 65.0 cm³/mol. The van der Waals surface area contributed by atoms with E-state index >= 15 is 0 Å². The quantitative estimate of drug-likeness (QED) is 0.566. The molecule has 1 aromatic rings. The highest BCUT2D eigenvalue weighted by Crippen LogP contribution is 2.37. The summed E-state index contributed by atoms with van der Waals surface area (Å²) < 4.78 is 105. The average Bonchev–Trinajstić information content (AvgIpc) is 2.33. The Labute approximate surface area is 125 Å². The van der Waals surface area contributed by atoms with Gasteiger partial charge in [0.25, 0.3) is 10.1 Å². The molecule has 0 aliphatic heterocycles. The number of benzene rings is 1. The standard InChI is InChI=1S/C10H8F6N2O4S/c11-9(12,13)5-1-6(10(14,15)16)3-7(2-5)18-8(19)17-4-23(20,21)22/h1-3H,4H2,(H2,17,18,19)(H,20,21,22). The number of urea groups is 1. The maximum absolute atomic E-state index is 12.6. The third kappa shape index (κ3) is 6.32. The summed E-state index contributed by atoms with van der Waals surface area (Å²) in [5.41, 5.74) is -4.17. The molecule has 3 N–H and O–H groups in total. The Balaban J connectivity index is 3.09. The summed E-state index contributed by atoms with van der Waals surface area (Å²) in [7, 11) is -4.61. The van der Waals surface area contributed by atoms with Crippen LogP contribution in [0.5, 0.6) is 0 Å². The van der Waals surface area contributed by atoms with Crippen LogP contribution >= 0.6 is 0 Å². The largest absolute Gasteiger partial charge is 0.416 e. The number of halogens is 6. The van der Waals surface area contributed by atoms with Crippen molar-refractivity contribution in [2.45, 2.75) is 12.4 Å². The minimum absolute atomic E-state index is 0.138. The van der Waals surface area contributed by atoms with Crippen LogP contribution in [0.4, 0.5) is 36.8 Å². The smallest absolute Gasteiger partial charge is 0.321 e. The van der Waals surface area contributed by atoms with Crippen molar-refractivity contribution in [3.05, 3.63) is 29.3 Å². The molecule has 6 nitrogen and oxygen atoms in total. The summed E-state index contributed by atoms with van der Waals surface area (Å²) in [5, 5.41) is 3.15. The van der Waals surface area contributed by atoms with Crippen molar-refractivity contribution in [3.8, 4) is 0 Å². The van der Waals surface area contributed by atoms with Crippen molar-refractivity contribution in [2.24, 2.45) is 0 Å². The Morgan fingerprint density at radius 3 is 1.78 bits per heavy atom. The first-order chi connectivity index (χ1) is 10.2. The van der Waals surface area contributed by atoms with E-state index in [9.17, 15) is 39.6 Å². The minimum atomic E-state index is -5.09. The fourth-order valence-electron chi connectivity index (χ4n) is 1.36. The van der Waals surface area contributed by atoms with E-state index < -0.39 is 51.2 Å². The number of rotatable bonds is 3. The van der Waals surface area contributed by atoms with Crippen LogP contribution in [0, 0.1) is 0 Å². The maximum Gasteiger partial charge on any atom is 0.416 e. The second-order valence-electron chi connectivity index (χ2n) is 4.15. The van der Waals surface area contributed by atoms with E-state index in [0.29, 0.717) is 0 Å². The molecule has 130 valence electrons. The lowest BCUT2D eigenvalue weighted by Crippen LogP contribution is -2.33. The molecule has 0 aliphatic carbocycles. The Hall–Kier alpha value is -2.02. The highest BCUT2D eigenvalue weighted by Gasteiger charge is 2.37. The number of anilines is 1. The first kappa shape index (κ1) is 19.0. The molecule has 0 aromatic heterocycles. The molecule has 23 heavy (non-hydrogen) atoms. The number of hydrogen-bond acceptors (Lipinski definition) is 3. The highest BCUT2D eigenvalue weighted by atomic mass is 32.2. The zero-order valence-electron chi connectivity index (χ0n) is 10.8. The monoisotopic (exact) mass is 366 g/mol. The summed E-state index contributed by atoms with van der Waals surface area (Å²) in [6.45, 7) is 0. The SMILES string of the molecule is O=C(NCS(=O)(=O)O)Nc1cc(C(F)(F)F)cc(C(F)(F)F)c1. The van der Waals surface area contributed by atoms with Gasteiger partial charge >= 0.3 is 18.4 Å². The van der Waals surface area contributed by atoms with Crippen molar-refractivity contribution in [2.75, 3.05) is 11.2 Å². The first-order valence-corrected chi connectivity index (χ1v) is 7.09. The lowest BCUT2D eigenvalue weighted by Gasteiger charge is -2.14. The van der Waals surface area contributed by atoms with E-state index in [0.717, 1.165) is 0 Å². The maximum atomic E-state index is 12.6. The van der Waals surface area contributed by atoms with Gasteiger partial charge < -0.3 is 10.6 Å². The molecule has 0 fully saturated rings. The molecule has 0 heterocycles. The van der Waals surface area contributed by atoms with Crippen LogP contribution in [-0.2, 0) is 22.5 Å². The van der Waals surface area contributed by atoms with Crippen LogP contribution in [0.2, 0.25) is 0 Å². The van der Waals surface area contributed by atoms with Gasteiger partial charge in [0.05, 0.1) is 11.1 Å². The second kappa shape index (κ2) is 6.23. The molecule has 13 heteroatoms. The van der Waals surface area contributed by atoms with Gasteiger partial charge in [-0.1, -0.05) is 0 Å². The molecule has 0 spiro atoms. The molecule has 1 aromatic carbocycles. The second-order valence-corrected chi connectivity index (χ2v) is 5.60. The van der Waals surface area contributed by atoms with Crippen LogP contribution in [0.15, 0.2) is 18.2 Å². The first-order valence-electron chi connectivity index (χ1n) is 5.48. The lowest BCUT2D eigenvalue weighted by atomic mass is 10.1. The third-order valence-corrected chi connectivity index (χ3v) is 2.77. The van der Waals surface area contributed by atoms with Crippen molar-refractivity contribution < 1.29 is 44.1 Å². The number of carbonyl (C=O) groups excluding carboxylic acids is 1. The van der Waals surface area contributed by atoms with Gasteiger partial charge in [-0.2, -0.15) is 34.8 Å². The van der Waals surface area contributed by atoms with E-state index in [1.807, 2.05) is 0 Å². The van der Waals surface area contributed by atoms with Crippen molar-refractivity contribution in [3.63, 3.8) is 0 Å². The van der Waals surface area contributed by atoms with E-state index in [2.05, 4.69) is 0 Å². The number of carbonyl (C=O) groups is 1. The molecule has 0 saturated heterocycles. The molecule has 0 aliphatic rings. The third-order valence-electron chi connectivity index (χ3n) is 2.26. The van der Waals surface area contributed by atoms with Crippen molar-refractivity contribution in [1.29, 1.82) is 0 Å². The summed E-state index contributed by atoms with van der Waals surface area (Å²) in [6, 6.07) is -1.08. The normalized spacial score (nSPS) is 12.8. The van der Waals surface area contributed by atoms with Gasteiger partial charge in [-0.05, 0) is 18.2 Å². The Morgan fingerprint density at radius 1 is 1.00 bits per heavy atom. The van der Waals surface area contributed by atoms with Crippen molar-refractivity contribution >= 4 is 21.8 Å². The lowest BCUT2D eigenvalue weighted by molar-refractivity contribution is -0.143. The van der Waals surface area contributed by atoms with Crippen LogP contribution < -0.4 is 10.6 Å². The topological polar surface area (TPSA) is 95.5 Å². The van der Waals surface area contributed by atoms with Crippen molar-refractivity contribution in [1.82, 2.24) is 5.32 Å². The van der Waals surface area contributed by atoms with E-state index in [1.54, 1.807) is 5.32 Å². The van der Waals surface area contributed by atoms with Crippen LogP contribution in [0.1, 0.15) is 11.1 Å². The van der Waals surface area contributed by atoms with Gasteiger partial charge in [0.1, 0.15) is 5.88 Å². The summed E-state index contributed by atoms with van der Waals surface area (Å²) in [4.78, 5) is 11.2. The zero-order chi connectivity index (χ0) is 18.1. The summed E-state index contributed by atoms with van der Waals surface area (Å²) in [6.07, 6.45) is -10.2. The van der Waals surface area contributed by atoms with E-state index in [4.69, 9.17) is 4.55 Å². The number of amides is 2. The highest BCUT2D eigenvalue weighted by molar-refractivity contribution is 7.85. The number of hydrogen-bond donors (Lipinski definition) is 3. The zero-order valence-corrected chi connectivity index (χ0v) is 11.6. The molecule has 0 bridgehead atoms. The van der Waals surface area contributed by atoms with Crippen LogP contribution in [0.3, 0.4) is 0 Å². The summed E-state index contributed by atoms with van der Waals surface area (Å²) >= 11 is 0. The Bertz CT molecular complexity index is 666. The van der Waals surface area contributed by atoms with E-state index in [1.165, 1.54) is 5.32 Å². The Kier molecular flexibility index (Phi) is 5.16. The summed E-state index contributed by atoms with van der Waals surface area (Å²) in [5.74, 6) is -1.27.